The van der Waals surface area contributed by atoms with Gasteiger partial charge in [0.15, 0.2) is 0 Å². The highest BCUT2D eigenvalue weighted by molar-refractivity contribution is 4.64. The lowest BCUT2D eigenvalue weighted by Crippen LogP contribution is -2.65. The van der Waals surface area contributed by atoms with Crippen LogP contribution in [0.1, 0.15) is 61.8 Å². The van der Waals surface area contributed by atoms with Crippen molar-refractivity contribution in [3.8, 4) is 0 Å². The number of hydroxylamine groups is 3. The molecule has 1 heterocycles. The second kappa shape index (κ2) is 6.58. The summed E-state index contributed by atoms with van der Waals surface area (Å²) in [5.41, 5.74) is 5.38. The van der Waals surface area contributed by atoms with E-state index in [2.05, 4.69) is 20.8 Å². The maximum Gasteiger partial charge on any atom is 0.120 e. The largest absolute Gasteiger partial charge is 0.326 e. The Bertz CT molecular complexity index is 167. The molecule has 0 bridgehead atoms. The average Bonchev–Trinajstić information content (AvgIpc) is 1.99. The SMILES string of the molecule is CC.CC(C)(C)N.CC(C)(C)[N+]1(O)CCC1. The molecule has 3 nitrogen and oxygen atoms in total. The van der Waals surface area contributed by atoms with Crippen LogP contribution in [0.2, 0.25) is 0 Å². The molecule has 0 aromatic heterocycles. The maximum absolute atomic E-state index is 9.68. The third-order valence-corrected chi connectivity index (χ3v) is 2.30. The number of hydrogen-bond donors (Lipinski definition) is 2. The minimum atomic E-state index is 0. The average molecular weight is 233 g/mol. The Kier molecular flexibility index (Phi) is 7.50. The van der Waals surface area contributed by atoms with Gasteiger partial charge >= 0.3 is 0 Å². The van der Waals surface area contributed by atoms with Gasteiger partial charge in [-0.3, -0.25) is 0 Å². The predicted octanol–water partition coefficient (Wildman–Crippen LogP) is 3.16. The maximum atomic E-state index is 9.68. The van der Waals surface area contributed by atoms with Crippen LogP contribution in [0.15, 0.2) is 0 Å². The van der Waals surface area contributed by atoms with E-state index >= 15 is 0 Å². The highest BCUT2D eigenvalue weighted by Gasteiger charge is 2.45. The van der Waals surface area contributed by atoms with Crippen molar-refractivity contribution in [1.82, 2.24) is 0 Å². The van der Waals surface area contributed by atoms with Gasteiger partial charge in [0, 0.05) is 5.54 Å². The summed E-state index contributed by atoms with van der Waals surface area (Å²) in [6.07, 6.45) is 1.17. The van der Waals surface area contributed by atoms with Gasteiger partial charge in [-0.25, -0.2) is 5.21 Å². The van der Waals surface area contributed by atoms with Crippen LogP contribution in [-0.2, 0) is 0 Å². The van der Waals surface area contributed by atoms with E-state index < -0.39 is 0 Å². The van der Waals surface area contributed by atoms with E-state index in [4.69, 9.17) is 5.73 Å². The number of rotatable bonds is 0. The van der Waals surface area contributed by atoms with Gasteiger partial charge in [0.2, 0.25) is 0 Å². The van der Waals surface area contributed by atoms with Gasteiger partial charge in [0.05, 0.1) is 6.42 Å². The van der Waals surface area contributed by atoms with E-state index in [1.54, 1.807) is 0 Å². The fourth-order valence-corrected chi connectivity index (χ4v) is 1.13. The third-order valence-electron chi connectivity index (χ3n) is 2.30. The van der Waals surface area contributed by atoms with Gasteiger partial charge in [-0.2, -0.15) is 4.65 Å². The lowest BCUT2D eigenvalue weighted by molar-refractivity contribution is -1.16. The molecule has 1 aliphatic rings. The first kappa shape index (κ1) is 18.3. The molecule has 0 aromatic carbocycles. The molecule has 16 heavy (non-hydrogen) atoms. The third kappa shape index (κ3) is 8.08. The monoisotopic (exact) mass is 233 g/mol. The van der Waals surface area contributed by atoms with Crippen molar-refractivity contribution >= 4 is 0 Å². The topological polar surface area (TPSA) is 46.2 Å². The van der Waals surface area contributed by atoms with Crippen LogP contribution < -0.4 is 5.73 Å². The quantitative estimate of drug-likeness (QED) is 0.631. The number of nitrogens with zero attached hydrogens (tertiary/aromatic N) is 1. The fourth-order valence-electron chi connectivity index (χ4n) is 1.13. The van der Waals surface area contributed by atoms with Crippen molar-refractivity contribution in [2.75, 3.05) is 13.1 Å². The number of likely N-dealkylation sites (tertiary alicyclic amines) is 1. The summed E-state index contributed by atoms with van der Waals surface area (Å²) in [6, 6.07) is 0. The summed E-state index contributed by atoms with van der Waals surface area (Å²) in [7, 11) is 0. The van der Waals surface area contributed by atoms with Gasteiger partial charge in [-0.15, -0.1) is 0 Å². The Hall–Kier alpha value is -0.120. The molecule has 1 fully saturated rings. The van der Waals surface area contributed by atoms with Crippen LogP contribution in [0.4, 0.5) is 0 Å². The van der Waals surface area contributed by atoms with E-state index in [0.29, 0.717) is 0 Å². The van der Waals surface area contributed by atoms with Crippen molar-refractivity contribution < 1.29 is 9.85 Å². The van der Waals surface area contributed by atoms with Gasteiger partial charge < -0.3 is 5.73 Å². The molecule has 0 aliphatic carbocycles. The van der Waals surface area contributed by atoms with Crippen LogP contribution in [0.25, 0.3) is 0 Å². The van der Waals surface area contributed by atoms with E-state index in [-0.39, 0.29) is 15.7 Å². The molecule has 0 aromatic rings. The van der Waals surface area contributed by atoms with Gasteiger partial charge in [-0.1, -0.05) is 13.8 Å². The molecule has 1 saturated heterocycles. The van der Waals surface area contributed by atoms with Gasteiger partial charge in [0.25, 0.3) is 0 Å². The first-order chi connectivity index (χ1) is 6.96. The van der Waals surface area contributed by atoms with Crippen molar-refractivity contribution in [3.63, 3.8) is 0 Å². The van der Waals surface area contributed by atoms with Crippen LogP contribution in [-0.4, -0.2) is 34.0 Å². The zero-order chi connectivity index (χ0) is 13.6. The summed E-state index contributed by atoms with van der Waals surface area (Å²) < 4.78 is 0.271. The first-order valence-electron chi connectivity index (χ1n) is 6.34. The lowest BCUT2D eigenvalue weighted by atomic mass is 10.00. The smallest absolute Gasteiger partial charge is 0.120 e. The summed E-state index contributed by atoms with van der Waals surface area (Å²) >= 11 is 0. The van der Waals surface area contributed by atoms with Crippen molar-refractivity contribution in [2.45, 2.75) is 72.9 Å². The van der Waals surface area contributed by atoms with Gasteiger partial charge in [-0.05, 0) is 41.5 Å². The molecule has 0 atom stereocenters. The Morgan fingerprint density at radius 1 is 0.938 bits per heavy atom. The van der Waals surface area contributed by atoms with Crippen LogP contribution in [0, 0.1) is 0 Å². The summed E-state index contributed by atoms with van der Waals surface area (Å²) in [5, 5.41) is 9.68. The highest BCUT2D eigenvalue weighted by atomic mass is 16.6. The summed E-state index contributed by atoms with van der Waals surface area (Å²) in [4.78, 5) is 0. The van der Waals surface area contributed by atoms with Crippen LogP contribution in [0.5, 0.6) is 0 Å². The van der Waals surface area contributed by atoms with E-state index in [1.807, 2.05) is 34.6 Å². The van der Waals surface area contributed by atoms with Gasteiger partial charge in [0.1, 0.15) is 18.6 Å². The molecule has 1 rings (SSSR count). The Morgan fingerprint density at radius 2 is 1.19 bits per heavy atom. The predicted molar refractivity (Wildman–Crippen MR) is 71.4 cm³/mol. The molecule has 0 spiro atoms. The number of hydrogen-bond acceptors (Lipinski definition) is 2. The molecule has 0 amide bonds. The zero-order valence-electron chi connectivity index (χ0n) is 12.6. The zero-order valence-corrected chi connectivity index (χ0v) is 12.6. The van der Waals surface area contributed by atoms with Crippen molar-refractivity contribution in [3.05, 3.63) is 0 Å². The summed E-state index contributed by atoms with van der Waals surface area (Å²) in [5.74, 6) is 0. The summed E-state index contributed by atoms with van der Waals surface area (Å²) in [6.45, 7) is 18.0. The number of nitrogens with two attached hydrogens (primary N) is 1. The fraction of sp³-hybridized carbons (Fsp3) is 1.00. The molecule has 0 saturated carbocycles. The highest BCUT2D eigenvalue weighted by Crippen LogP contribution is 2.28. The van der Waals surface area contributed by atoms with Crippen molar-refractivity contribution in [2.24, 2.45) is 5.73 Å². The molecule has 0 radical (unpaired) electrons. The normalized spacial score (nSPS) is 18.4. The lowest BCUT2D eigenvalue weighted by Gasteiger charge is -2.47. The molecule has 3 N–H and O–H groups in total. The molecular weight excluding hydrogens is 200 g/mol. The van der Waals surface area contributed by atoms with Crippen LogP contribution >= 0.6 is 0 Å². The number of quaternary nitrogens is 1. The molecule has 0 unspecified atom stereocenters. The minimum Gasteiger partial charge on any atom is -0.326 e. The van der Waals surface area contributed by atoms with Crippen molar-refractivity contribution in [1.29, 1.82) is 0 Å². The molecular formula is C13H33N2O+. The Labute approximate surface area is 102 Å². The molecule has 100 valence electrons. The Balaban J connectivity index is 0. The van der Waals surface area contributed by atoms with E-state index in [9.17, 15) is 5.21 Å². The molecule has 1 aliphatic heterocycles. The first-order valence-corrected chi connectivity index (χ1v) is 6.34. The second-order valence-corrected chi connectivity index (χ2v) is 6.26. The van der Waals surface area contributed by atoms with E-state index in [1.165, 1.54) is 6.42 Å². The second-order valence-electron chi connectivity index (χ2n) is 6.26. The minimum absolute atomic E-state index is 0. The Morgan fingerprint density at radius 3 is 1.19 bits per heavy atom. The standard InChI is InChI=1S/C7H16NO.C4H11N.C2H6/c1-7(2,3)8(9)5-4-6-8;1-4(2,3)5;1-2/h9H,4-6H2,1-3H3;5H2,1-3H3;1-2H3/q+1;;. The molecule has 3 heteroatoms. The van der Waals surface area contributed by atoms with E-state index in [0.717, 1.165) is 13.1 Å². The van der Waals surface area contributed by atoms with Crippen LogP contribution in [0.3, 0.4) is 0 Å².